The van der Waals surface area contributed by atoms with Crippen LogP contribution in [0, 0.1) is 5.82 Å². The van der Waals surface area contributed by atoms with Crippen molar-refractivity contribution in [1.82, 2.24) is 5.32 Å². The van der Waals surface area contributed by atoms with Crippen LogP contribution in [0.4, 0.5) is 4.39 Å². The summed E-state index contributed by atoms with van der Waals surface area (Å²) in [6.07, 6.45) is 0. The normalized spacial score (nSPS) is 12.7. The smallest absolute Gasteiger partial charge is 0.169 e. The molecule has 2 rings (SSSR count). The highest BCUT2D eigenvalue weighted by Gasteiger charge is 2.16. The predicted octanol–water partition coefficient (Wildman–Crippen LogP) is 4.25. The van der Waals surface area contributed by atoms with Crippen molar-refractivity contribution in [3.8, 4) is 0 Å². The highest BCUT2D eigenvalue weighted by Crippen LogP contribution is 2.28. The van der Waals surface area contributed by atoms with E-state index in [1.165, 1.54) is 6.07 Å². The third kappa shape index (κ3) is 2.78. The van der Waals surface area contributed by atoms with E-state index in [2.05, 4.69) is 37.2 Å². The zero-order chi connectivity index (χ0) is 12.4. The van der Waals surface area contributed by atoms with E-state index in [-0.39, 0.29) is 11.9 Å². The molecule has 1 atom stereocenters. The number of furan rings is 1. The first kappa shape index (κ1) is 12.8. The van der Waals surface area contributed by atoms with Crippen molar-refractivity contribution in [2.75, 3.05) is 7.05 Å². The molecule has 2 nitrogen and oxygen atoms in total. The van der Waals surface area contributed by atoms with Gasteiger partial charge in [-0.3, -0.25) is 0 Å². The van der Waals surface area contributed by atoms with Crippen LogP contribution in [0.25, 0.3) is 0 Å². The SMILES string of the molecule is CNC(c1ccc(Br)c(F)c1)c1ccc(Br)o1. The summed E-state index contributed by atoms with van der Waals surface area (Å²) in [5.41, 5.74) is 0.815. The second-order valence-electron chi connectivity index (χ2n) is 3.54. The molecule has 0 aliphatic rings. The van der Waals surface area contributed by atoms with Gasteiger partial charge in [0, 0.05) is 0 Å². The van der Waals surface area contributed by atoms with Crippen molar-refractivity contribution in [3.05, 3.63) is 56.6 Å². The van der Waals surface area contributed by atoms with Crippen LogP contribution in [0.5, 0.6) is 0 Å². The van der Waals surface area contributed by atoms with E-state index in [1.54, 1.807) is 13.1 Å². The molecule has 1 aromatic heterocycles. The Kier molecular flexibility index (Phi) is 4.01. The number of nitrogens with one attached hydrogen (secondary N) is 1. The Morgan fingerprint density at radius 3 is 2.53 bits per heavy atom. The highest BCUT2D eigenvalue weighted by atomic mass is 79.9. The second-order valence-corrected chi connectivity index (χ2v) is 5.17. The van der Waals surface area contributed by atoms with Crippen molar-refractivity contribution < 1.29 is 8.81 Å². The van der Waals surface area contributed by atoms with E-state index in [9.17, 15) is 4.39 Å². The van der Waals surface area contributed by atoms with Crippen molar-refractivity contribution in [1.29, 1.82) is 0 Å². The van der Waals surface area contributed by atoms with Gasteiger partial charge in [0.15, 0.2) is 4.67 Å². The third-order valence-electron chi connectivity index (χ3n) is 2.44. The molecule has 0 bridgehead atoms. The Morgan fingerprint density at radius 1 is 1.24 bits per heavy atom. The summed E-state index contributed by atoms with van der Waals surface area (Å²) in [5.74, 6) is 0.453. The topological polar surface area (TPSA) is 25.2 Å². The molecule has 0 aliphatic heterocycles. The van der Waals surface area contributed by atoms with Gasteiger partial charge in [0.2, 0.25) is 0 Å². The molecule has 0 fully saturated rings. The molecule has 1 heterocycles. The van der Waals surface area contributed by atoms with E-state index in [1.807, 2.05) is 18.2 Å². The summed E-state index contributed by atoms with van der Waals surface area (Å²) in [7, 11) is 1.81. The first-order valence-electron chi connectivity index (χ1n) is 4.99. The van der Waals surface area contributed by atoms with Crippen LogP contribution in [-0.2, 0) is 0 Å². The van der Waals surface area contributed by atoms with Crippen LogP contribution < -0.4 is 5.32 Å². The Bertz CT molecular complexity index is 527. The van der Waals surface area contributed by atoms with Crippen LogP contribution >= 0.6 is 31.9 Å². The maximum absolute atomic E-state index is 13.5. The molecule has 0 spiro atoms. The molecule has 1 unspecified atom stereocenters. The largest absolute Gasteiger partial charge is 0.452 e. The van der Waals surface area contributed by atoms with Crippen molar-refractivity contribution >= 4 is 31.9 Å². The fourth-order valence-corrected chi connectivity index (χ4v) is 2.21. The van der Waals surface area contributed by atoms with Crippen LogP contribution in [0.3, 0.4) is 0 Å². The molecule has 0 aliphatic carbocycles. The minimum atomic E-state index is -0.284. The fourth-order valence-electron chi connectivity index (χ4n) is 1.65. The molecule has 2 aromatic rings. The molecule has 1 aromatic carbocycles. The van der Waals surface area contributed by atoms with Crippen LogP contribution in [-0.4, -0.2) is 7.05 Å². The summed E-state index contributed by atoms with van der Waals surface area (Å²) in [5, 5.41) is 3.10. The highest BCUT2D eigenvalue weighted by molar-refractivity contribution is 9.10. The van der Waals surface area contributed by atoms with Crippen molar-refractivity contribution in [3.63, 3.8) is 0 Å². The zero-order valence-corrected chi connectivity index (χ0v) is 12.2. The molecule has 0 saturated heterocycles. The van der Waals surface area contributed by atoms with E-state index in [0.29, 0.717) is 9.14 Å². The van der Waals surface area contributed by atoms with Gasteiger partial charge >= 0.3 is 0 Å². The number of hydrogen-bond donors (Lipinski definition) is 1. The lowest BCUT2D eigenvalue weighted by Crippen LogP contribution is -2.17. The maximum Gasteiger partial charge on any atom is 0.169 e. The molecule has 17 heavy (non-hydrogen) atoms. The van der Waals surface area contributed by atoms with E-state index >= 15 is 0 Å². The molecule has 90 valence electrons. The summed E-state index contributed by atoms with van der Waals surface area (Å²) in [6, 6.07) is 8.53. The molecule has 5 heteroatoms. The summed E-state index contributed by atoms with van der Waals surface area (Å²) >= 11 is 6.39. The quantitative estimate of drug-likeness (QED) is 0.882. The molecule has 0 saturated carbocycles. The number of benzene rings is 1. The lowest BCUT2D eigenvalue weighted by atomic mass is 10.0. The van der Waals surface area contributed by atoms with Gasteiger partial charge in [0.1, 0.15) is 11.6 Å². The summed E-state index contributed by atoms with van der Waals surface area (Å²) in [4.78, 5) is 0. The first-order valence-corrected chi connectivity index (χ1v) is 6.58. The second kappa shape index (κ2) is 5.33. The number of hydrogen-bond acceptors (Lipinski definition) is 2. The summed E-state index contributed by atoms with van der Waals surface area (Å²) in [6.45, 7) is 0. The minimum absolute atomic E-state index is 0.163. The first-order chi connectivity index (χ1) is 8.11. The lowest BCUT2D eigenvalue weighted by molar-refractivity contribution is 0.446. The maximum atomic E-state index is 13.5. The van der Waals surface area contributed by atoms with Gasteiger partial charge in [-0.25, -0.2) is 4.39 Å². The standard InChI is InChI=1S/C12H10Br2FNO/c1-16-12(10-4-5-11(14)17-10)7-2-3-8(13)9(15)6-7/h2-6,12,16H,1H3. The zero-order valence-electron chi connectivity index (χ0n) is 9.01. The van der Waals surface area contributed by atoms with Gasteiger partial charge in [-0.05, 0) is 68.7 Å². The average molecular weight is 363 g/mol. The third-order valence-corrected chi connectivity index (χ3v) is 3.51. The Morgan fingerprint density at radius 2 is 2.00 bits per heavy atom. The molecule has 0 radical (unpaired) electrons. The Balaban J connectivity index is 2.38. The average Bonchev–Trinajstić information content (AvgIpc) is 2.71. The Hall–Kier alpha value is -0.650. The van der Waals surface area contributed by atoms with Crippen LogP contribution in [0.2, 0.25) is 0 Å². The van der Waals surface area contributed by atoms with Gasteiger partial charge < -0.3 is 9.73 Å². The molecule has 0 amide bonds. The molecule has 1 N–H and O–H groups in total. The monoisotopic (exact) mass is 361 g/mol. The number of rotatable bonds is 3. The molecular weight excluding hydrogens is 353 g/mol. The van der Waals surface area contributed by atoms with Gasteiger partial charge in [0.25, 0.3) is 0 Å². The van der Waals surface area contributed by atoms with Gasteiger partial charge in [0.05, 0.1) is 10.5 Å². The lowest BCUT2D eigenvalue weighted by Gasteiger charge is -2.14. The predicted molar refractivity (Wildman–Crippen MR) is 71.4 cm³/mol. The van der Waals surface area contributed by atoms with Crippen molar-refractivity contribution in [2.24, 2.45) is 0 Å². The van der Waals surface area contributed by atoms with Crippen LogP contribution in [0.15, 0.2) is 43.9 Å². The van der Waals surface area contributed by atoms with Gasteiger partial charge in [-0.15, -0.1) is 0 Å². The summed E-state index contributed by atoms with van der Waals surface area (Å²) < 4.78 is 20.1. The van der Waals surface area contributed by atoms with Crippen LogP contribution in [0.1, 0.15) is 17.4 Å². The Labute approximate surface area is 115 Å². The minimum Gasteiger partial charge on any atom is -0.452 e. The van der Waals surface area contributed by atoms with E-state index in [4.69, 9.17) is 4.42 Å². The van der Waals surface area contributed by atoms with E-state index < -0.39 is 0 Å². The van der Waals surface area contributed by atoms with E-state index in [0.717, 1.165) is 11.3 Å². The van der Waals surface area contributed by atoms with Gasteiger partial charge in [-0.1, -0.05) is 6.07 Å². The number of halogens is 3. The molecular formula is C12H10Br2FNO. The van der Waals surface area contributed by atoms with Gasteiger partial charge in [-0.2, -0.15) is 0 Å². The fraction of sp³-hybridized carbons (Fsp3) is 0.167. The van der Waals surface area contributed by atoms with Crippen molar-refractivity contribution in [2.45, 2.75) is 6.04 Å².